The molecule has 5 heteroatoms. The number of methoxy groups -OCH3 is 1. The lowest BCUT2D eigenvalue weighted by molar-refractivity contribution is -0.0447. The molecule has 1 N–H and O–H groups in total. The Kier molecular flexibility index (Phi) is 4.21. The van der Waals surface area contributed by atoms with Gasteiger partial charge in [0.25, 0.3) is 0 Å². The topological polar surface area (TPSA) is 59.4 Å². The molecule has 20 heavy (non-hydrogen) atoms. The van der Waals surface area contributed by atoms with Crippen LogP contribution in [0.15, 0.2) is 0 Å². The highest BCUT2D eigenvalue weighted by molar-refractivity contribution is 7.13. The van der Waals surface area contributed by atoms with Crippen LogP contribution < -0.4 is 0 Å². The Balaban J connectivity index is 2.49. The van der Waals surface area contributed by atoms with Gasteiger partial charge in [0.15, 0.2) is 0 Å². The fourth-order valence-corrected chi connectivity index (χ4v) is 4.14. The minimum Gasteiger partial charge on any atom is -0.477 e. The van der Waals surface area contributed by atoms with E-state index in [0.717, 1.165) is 30.7 Å². The molecule has 1 aliphatic carbocycles. The smallest absolute Gasteiger partial charge is 0.347 e. The van der Waals surface area contributed by atoms with Gasteiger partial charge in [0, 0.05) is 12.5 Å². The number of hydrogen-bond acceptors (Lipinski definition) is 4. The highest BCUT2D eigenvalue weighted by Gasteiger charge is 2.39. The van der Waals surface area contributed by atoms with Crippen LogP contribution in [0.4, 0.5) is 0 Å². The molecule has 1 aliphatic rings. The fraction of sp³-hybridized carbons (Fsp3) is 0.733. The molecule has 0 unspecified atom stereocenters. The van der Waals surface area contributed by atoms with E-state index in [1.807, 2.05) is 20.8 Å². The summed E-state index contributed by atoms with van der Waals surface area (Å²) in [6.45, 7) is 6.00. The summed E-state index contributed by atoms with van der Waals surface area (Å²) in [4.78, 5) is 16.5. The first-order valence-corrected chi connectivity index (χ1v) is 7.92. The van der Waals surface area contributed by atoms with Crippen LogP contribution in [0, 0.1) is 0 Å². The number of hydrogen-bond donors (Lipinski definition) is 1. The zero-order valence-electron chi connectivity index (χ0n) is 12.7. The number of rotatable bonds is 3. The van der Waals surface area contributed by atoms with Crippen molar-refractivity contribution in [1.29, 1.82) is 0 Å². The van der Waals surface area contributed by atoms with Gasteiger partial charge in [-0.05, 0) is 12.8 Å². The Morgan fingerprint density at radius 3 is 2.30 bits per heavy atom. The molecule has 1 aromatic heterocycles. The van der Waals surface area contributed by atoms with Crippen LogP contribution in [0.3, 0.4) is 0 Å². The molecule has 0 spiro atoms. The van der Waals surface area contributed by atoms with E-state index in [1.165, 1.54) is 17.8 Å². The van der Waals surface area contributed by atoms with Gasteiger partial charge in [-0.25, -0.2) is 9.78 Å². The first-order chi connectivity index (χ1) is 9.30. The number of carboxylic acid groups (broad SMARTS) is 1. The van der Waals surface area contributed by atoms with Crippen LogP contribution in [0.25, 0.3) is 0 Å². The van der Waals surface area contributed by atoms with Gasteiger partial charge in [-0.1, -0.05) is 40.0 Å². The molecular weight excluding hydrogens is 274 g/mol. The van der Waals surface area contributed by atoms with Crippen LogP contribution in [-0.4, -0.2) is 23.2 Å². The summed E-state index contributed by atoms with van der Waals surface area (Å²) in [6, 6.07) is 0. The summed E-state index contributed by atoms with van der Waals surface area (Å²) in [5, 5.41) is 10.3. The van der Waals surface area contributed by atoms with Crippen LogP contribution in [-0.2, 0) is 15.8 Å². The summed E-state index contributed by atoms with van der Waals surface area (Å²) in [5.74, 6) is -0.888. The molecule has 0 atom stereocenters. The normalized spacial score (nSPS) is 19.0. The lowest BCUT2D eigenvalue weighted by Gasteiger charge is -2.34. The molecule has 2 rings (SSSR count). The minimum absolute atomic E-state index is 0.272. The molecule has 1 aromatic rings. The third kappa shape index (κ3) is 2.74. The average molecular weight is 297 g/mol. The van der Waals surface area contributed by atoms with Crippen molar-refractivity contribution in [2.24, 2.45) is 0 Å². The van der Waals surface area contributed by atoms with Gasteiger partial charge in [-0.2, -0.15) is 0 Å². The molecule has 0 saturated heterocycles. The van der Waals surface area contributed by atoms with Gasteiger partial charge in [-0.15, -0.1) is 11.3 Å². The summed E-state index contributed by atoms with van der Waals surface area (Å²) in [5.41, 5.74) is 0.0230. The SMILES string of the molecule is COC1(c2nc(C(C)(C)C)c(C(=O)O)s2)CCCCC1. The van der Waals surface area contributed by atoms with E-state index in [9.17, 15) is 9.90 Å². The molecule has 0 aromatic carbocycles. The molecule has 0 radical (unpaired) electrons. The van der Waals surface area contributed by atoms with Gasteiger partial charge >= 0.3 is 5.97 Å². The van der Waals surface area contributed by atoms with Crippen LogP contribution >= 0.6 is 11.3 Å². The zero-order chi connectivity index (χ0) is 15.0. The number of ether oxygens (including phenoxy) is 1. The summed E-state index contributed by atoms with van der Waals surface area (Å²) >= 11 is 1.29. The molecule has 1 fully saturated rings. The maximum Gasteiger partial charge on any atom is 0.347 e. The van der Waals surface area contributed by atoms with Gasteiger partial charge in [0.1, 0.15) is 15.5 Å². The fourth-order valence-electron chi connectivity index (χ4n) is 2.80. The Morgan fingerprint density at radius 1 is 1.30 bits per heavy atom. The van der Waals surface area contributed by atoms with Gasteiger partial charge in [0.2, 0.25) is 0 Å². The van der Waals surface area contributed by atoms with Crippen molar-refractivity contribution in [2.75, 3.05) is 7.11 Å². The van der Waals surface area contributed by atoms with Crippen molar-refractivity contribution in [3.63, 3.8) is 0 Å². The van der Waals surface area contributed by atoms with E-state index in [1.54, 1.807) is 7.11 Å². The molecule has 0 amide bonds. The number of carboxylic acids is 1. The maximum absolute atomic E-state index is 11.5. The second kappa shape index (κ2) is 5.45. The van der Waals surface area contributed by atoms with E-state index in [4.69, 9.17) is 4.74 Å². The Bertz CT molecular complexity index is 496. The highest BCUT2D eigenvalue weighted by Crippen LogP contribution is 2.43. The Morgan fingerprint density at radius 2 is 1.90 bits per heavy atom. The molecular formula is C15H23NO3S. The van der Waals surface area contributed by atoms with Crippen LogP contribution in [0.5, 0.6) is 0 Å². The summed E-state index contributed by atoms with van der Waals surface area (Å²) < 4.78 is 5.78. The first kappa shape index (κ1) is 15.4. The van der Waals surface area contributed by atoms with E-state index in [2.05, 4.69) is 4.98 Å². The van der Waals surface area contributed by atoms with Crippen molar-refractivity contribution in [1.82, 2.24) is 4.98 Å². The number of aromatic carboxylic acids is 1. The molecule has 4 nitrogen and oxygen atoms in total. The van der Waals surface area contributed by atoms with E-state index >= 15 is 0 Å². The van der Waals surface area contributed by atoms with Crippen molar-refractivity contribution in [3.8, 4) is 0 Å². The highest BCUT2D eigenvalue weighted by atomic mass is 32.1. The lowest BCUT2D eigenvalue weighted by Crippen LogP contribution is -2.31. The number of thiazole rings is 1. The molecule has 1 heterocycles. The average Bonchev–Trinajstić information content (AvgIpc) is 2.85. The largest absolute Gasteiger partial charge is 0.477 e. The predicted octanol–water partition coefficient (Wildman–Crippen LogP) is 3.94. The Hall–Kier alpha value is -0.940. The Labute approximate surface area is 124 Å². The second-order valence-corrected chi connectivity index (χ2v) is 7.51. The van der Waals surface area contributed by atoms with Crippen LogP contribution in [0.1, 0.15) is 73.2 Å². The number of aromatic nitrogens is 1. The monoisotopic (exact) mass is 297 g/mol. The predicted molar refractivity (Wildman–Crippen MR) is 79.5 cm³/mol. The molecule has 0 bridgehead atoms. The van der Waals surface area contributed by atoms with Crippen molar-refractivity contribution in [2.45, 2.75) is 63.9 Å². The zero-order valence-corrected chi connectivity index (χ0v) is 13.5. The maximum atomic E-state index is 11.5. The van der Waals surface area contributed by atoms with Gasteiger partial charge in [0.05, 0.1) is 5.69 Å². The molecule has 112 valence electrons. The van der Waals surface area contributed by atoms with E-state index < -0.39 is 5.97 Å². The number of nitrogens with zero attached hydrogens (tertiary/aromatic N) is 1. The summed E-state index contributed by atoms with van der Waals surface area (Å²) in [6.07, 6.45) is 5.30. The summed E-state index contributed by atoms with van der Waals surface area (Å²) in [7, 11) is 1.71. The minimum atomic E-state index is -0.888. The first-order valence-electron chi connectivity index (χ1n) is 7.10. The standard InChI is InChI=1S/C15H23NO3S/c1-14(2,3)11-10(12(17)18)20-13(16-11)15(19-4)8-6-5-7-9-15/h5-9H2,1-4H3,(H,17,18). The second-order valence-electron chi connectivity index (χ2n) is 6.51. The van der Waals surface area contributed by atoms with Crippen molar-refractivity contribution in [3.05, 3.63) is 15.6 Å². The van der Waals surface area contributed by atoms with E-state index in [0.29, 0.717) is 10.6 Å². The van der Waals surface area contributed by atoms with Crippen molar-refractivity contribution >= 4 is 17.3 Å². The lowest BCUT2D eigenvalue weighted by atomic mass is 9.85. The van der Waals surface area contributed by atoms with Gasteiger partial charge < -0.3 is 9.84 Å². The van der Waals surface area contributed by atoms with E-state index in [-0.39, 0.29) is 11.0 Å². The van der Waals surface area contributed by atoms with Gasteiger partial charge in [-0.3, -0.25) is 0 Å². The molecule has 0 aliphatic heterocycles. The molecule has 1 saturated carbocycles. The third-order valence-electron chi connectivity index (χ3n) is 3.97. The quantitative estimate of drug-likeness (QED) is 0.918. The number of carbonyl (C=O) groups is 1. The van der Waals surface area contributed by atoms with Crippen LogP contribution in [0.2, 0.25) is 0 Å². The third-order valence-corrected chi connectivity index (χ3v) is 5.20. The van der Waals surface area contributed by atoms with Crippen molar-refractivity contribution < 1.29 is 14.6 Å².